The van der Waals surface area contributed by atoms with Gasteiger partial charge in [-0.2, -0.15) is 0 Å². The molecule has 0 radical (unpaired) electrons. The molecule has 3 N–H and O–H groups in total. The Kier molecular flexibility index (Phi) is 3.94. The lowest BCUT2D eigenvalue weighted by molar-refractivity contribution is 0.0922. The molecule has 1 aliphatic heterocycles. The smallest absolute Gasteiger partial charge is 0.414 e. The zero-order valence-electron chi connectivity index (χ0n) is 14.5. The summed E-state index contributed by atoms with van der Waals surface area (Å²) in [5.74, 6) is -0.617. The second-order valence-electron chi connectivity index (χ2n) is 6.03. The van der Waals surface area contributed by atoms with E-state index in [1.165, 1.54) is 19.2 Å². The monoisotopic (exact) mass is 370 g/mol. The molecule has 3 heterocycles. The summed E-state index contributed by atoms with van der Waals surface area (Å²) in [7, 11) is 1.38. The number of aryl methyl sites for hydroxylation is 1. The van der Waals surface area contributed by atoms with Gasteiger partial charge in [0.25, 0.3) is 11.8 Å². The zero-order valence-corrected chi connectivity index (χ0v) is 14.5. The van der Waals surface area contributed by atoms with E-state index in [9.17, 15) is 9.18 Å². The molecular formula is C17H15FN6O3. The van der Waals surface area contributed by atoms with Gasteiger partial charge in [-0.1, -0.05) is 11.2 Å². The molecule has 4 rings (SSSR count). The van der Waals surface area contributed by atoms with E-state index >= 15 is 0 Å². The molecule has 9 nitrogen and oxygen atoms in total. The minimum Gasteiger partial charge on any atom is -0.452 e. The quantitative estimate of drug-likeness (QED) is 0.711. The van der Waals surface area contributed by atoms with Gasteiger partial charge in [0.2, 0.25) is 5.95 Å². The van der Waals surface area contributed by atoms with E-state index in [1.807, 2.05) is 0 Å². The van der Waals surface area contributed by atoms with Gasteiger partial charge in [0.15, 0.2) is 0 Å². The highest BCUT2D eigenvalue weighted by molar-refractivity contribution is 5.98. The van der Waals surface area contributed by atoms with Crippen LogP contribution in [0, 0.1) is 12.7 Å². The number of nitrogens with one attached hydrogen (secondary N) is 1. The normalized spacial score (nSPS) is 16.0. The van der Waals surface area contributed by atoms with Crippen molar-refractivity contribution in [1.29, 1.82) is 0 Å². The molecule has 1 aromatic carbocycles. The largest absolute Gasteiger partial charge is 0.452 e. The topological polar surface area (TPSA) is 129 Å². The minimum absolute atomic E-state index is 0.0469. The van der Waals surface area contributed by atoms with Crippen molar-refractivity contribution in [2.24, 2.45) is 0 Å². The molecule has 0 saturated carbocycles. The number of rotatable bonds is 3. The van der Waals surface area contributed by atoms with Crippen molar-refractivity contribution in [2.45, 2.75) is 19.4 Å². The van der Waals surface area contributed by atoms with Crippen molar-refractivity contribution < 1.29 is 18.3 Å². The van der Waals surface area contributed by atoms with Crippen LogP contribution in [0.3, 0.4) is 0 Å². The summed E-state index contributed by atoms with van der Waals surface area (Å²) in [4.78, 5) is 20.8. The first-order valence-corrected chi connectivity index (χ1v) is 8.07. The summed E-state index contributed by atoms with van der Waals surface area (Å²) >= 11 is 0. The Hall–Kier alpha value is -3.56. The number of carbonyl (C=O) groups is 1. The van der Waals surface area contributed by atoms with Crippen molar-refractivity contribution in [3.63, 3.8) is 0 Å². The van der Waals surface area contributed by atoms with Crippen molar-refractivity contribution in [3.8, 4) is 17.5 Å². The number of carbonyl (C=O) groups excluding carboxylic acids is 1. The molecule has 1 atom stereocenters. The zero-order chi connectivity index (χ0) is 19.1. The van der Waals surface area contributed by atoms with Gasteiger partial charge in [0.1, 0.15) is 5.82 Å². The number of ether oxygens (including phenoxy) is 1. The van der Waals surface area contributed by atoms with Crippen LogP contribution in [0.2, 0.25) is 0 Å². The number of hydrogen-bond donors (Lipinski definition) is 2. The van der Waals surface area contributed by atoms with Gasteiger partial charge in [0, 0.05) is 12.0 Å². The predicted octanol–water partition coefficient (Wildman–Crippen LogP) is 1.59. The van der Waals surface area contributed by atoms with E-state index < -0.39 is 11.9 Å². The van der Waals surface area contributed by atoms with Gasteiger partial charge in [0.05, 0.1) is 30.1 Å². The molecule has 0 saturated heterocycles. The summed E-state index contributed by atoms with van der Waals surface area (Å²) in [6.45, 7) is 1.70. The number of nitrogens with two attached hydrogens (primary N) is 1. The summed E-state index contributed by atoms with van der Waals surface area (Å²) in [5, 5.41) is 10.5. The third kappa shape index (κ3) is 2.94. The van der Waals surface area contributed by atoms with Crippen molar-refractivity contribution in [1.82, 2.24) is 25.5 Å². The number of anilines is 1. The molecule has 138 valence electrons. The first kappa shape index (κ1) is 16.9. The average molecular weight is 370 g/mol. The lowest BCUT2D eigenvalue weighted by Crippen LogP contribution is -2.37. The predicted molar refractivity (Wildman–Crippen MR) is 91.3 cm³/mol. The van der Waals surface area contributed by atoms with Gasteiger partial charge in [-0.3, -0.25) is 4.79 Å². The number of methoxy groups -OCH3 is 1. The molecule has 10 heteroatoms. The highest BCUT2D eigenvalue weighted by Gasteiger charge is 2.31. The van der Waals surface area contributed by atoms with Crippen LogP contribution < -0.4 is 15.8 Å². The second kappa shape index (κ2) is 6.31. The number of aromatic nitrogens is 4. The van der Waals surface area contributed by atoms with Crippen LogP contribution in [0.5, 0.6) is 6.08 Å². The van der Waals surface area contributed by atoms with E-state index in [4.69, 9.17) is 14.9 Å². The number of benzene rings is 1. The molecule has 3 aromatic rings. The first-order valence-electron chi connectivity index (χ1n) is 8.07. The standard InChI is InChI=1S/C17H15FN6O3/c1-7-13-12(22-16(19)20-7)6-11(21-14(13)25)9-4-3-8(18)5-10(9)15-23-24-17(26-2)27-15/h3-5,11H,6H2,1-2H3,(H,21,25)(H2,19,20,22). The Morgan fingerprint density at radius 1 is 1.33 bits per heavy atom. The van der Waals surface area contributed by atoms with Crippen LogP contribution in [0.15, 0.2) is 22.6 Å². The second-order valence-corrected chi connectivity index (χ2v) is 6.03. The van der Waals surface area contributed by atoms with Gasteiger partial charge in [-0.25, -0.2) is 14.4 Å². The third-order valence-electron chi connectivity index (χ3n) is 4.31. The number of hydrogen-bond acceptors (Lipinski definition) is 8. The highest BCUT2D eigenvalue weighted by Crippen LogP contribution is 2.34. The highest BCUT2D eigenvalue weighted by atomic mass is 19.1. The number of nitrogens with zero attached hydrogens (tertiary/aromatic N) is 4. The van der Waals surface area contributed by atoms with Gasteiger partial charge in [-0.05, 0) is 24.6 Å². The van der Waals surface area contributed by atoms with Gasteiger partial charge in [-0.15, -0.1) is 5.10 Å². The lowest BCUT2D eigenvalue weighted by Gasteiger charge is -2.27. The Bertz CT molecular complexity index is 1050. The summed E-state index contributed by atoms with van der Waals surface area (Å²) in [6, 6.07) is 3.65. The van der Waals surface area contributed by atoms with Crippen LogP contribution in [-0.4, -0.2) is 33.2 Å². The molecule has 0 bridgehead atoms. The number of halogens is 1. The van der Waals surface area contributed by atoms with Crippen LogP contribution in [0.25, 0.3) is 11.5 Å². The Morgan fingerprint density at radius 3 is 2.89 bits per heavy atom. The van der Waals surface area contributed by atoms with Crippen LogP contribution in [-0.2, 0) is 6.42 Å². The Morgan fingerprint density at radius 2 is 2.15 bits per heavy atom. The van der Waals surface area contributed by atoms with E-state index in [0.29, 0.717) is 34.5 Å². The fraction of sp³-hybridized carbons (Fsp3) is 0.235. The molecule has 27 heavy (non-hydrogen) atoms. The molecule has 0 aliphatic carbocycles. The van der Waals surface area contributed by atoms with Crippen LogP contribution >= 0.6 is 0 Å². The molecule has 0 fully saturated rings. The molecule has 2 aromatic heterocycles. The van der Waals surface area contributed by atoms with Crippen LogP contribution in [0.1, 0.15) is 33.4 Å². The third-order valence-corrected chi connectivity index (χ3v) is 4.31. The molecule has 1 unspecified atom stereocenters. The van der Waals surface area contributed by atoms with Gasteiger partial charge >= 0.3 is 6.08 Å². The maximum Gasteiger partial charge on any atom is 0.414 e. The molecular weight excluding hydrogens is 355 g/mol. The van der Waals surface area contributed by atoms with E-state index in [1.54, 1.807) is 13.0 Å². The maximum absolute atomic E-state index is 13.9. The summed E-state index contributed by atoms with van der Waals surface area (Å²) in [6.07, 6.45) is 0.313. The molecule has 1 aliphatic rings. The van der Waals surface area contributed by atoms with E-state index in [-0.39, 0.29) is 23.8 Å². The van der Waals surface area contributed by atoms with E-state index in [2.05, 4.69) is 25.5 Å². The Balaban J connectivity index is 1.79. The molecule has 0 spiro atoms. The lowest BCUT2D eigenvalue weighted by atomic mass is 9.91. The average Bonchev–Trinajstić information content (AvgIpc) is 3.09. The summed E-state index contributed by atoms with van der Waals surface area (Å²) < 4.78 is 24.1. The maximum atomic E-state index is 13.9. The minimum atomic E-state index is -0.479. The van der Waals surface area contributed by atoms with Crippen molar-refractivity contribution in [3.05, 3.63) is 46.5 Å². The number of nitrogen functional groups attached to an aromatic ring is 1. The van der Waals surface area contributed by atoms with Crippen LogP contribution in [0.4, 0.5) is 10.3 Å². The van der Waals surface area contributed by atoms with Crippen molar-refractivity contribution in [2.75, 3.05) is 12.8 Å². The fourth-order valence-corrected chi connectivity index (χ4v) is 3.18. The number of amides is 1. The SMILES string of the molecule is COc1nnc(-c2cc(F)ccc2C2Cc3nc(N)nc(C)c3C(=O)N2)o1. The van der Waals surface area contributed by atoms with Crippen molar-refractivity contribution >= 4 is 11.9 Å². The Labute approximate surface area is 152 Å². The van der Waals surface area contributed by atoms with Gasteiger partial charge < -0.3 is 20.2 Å². The first-order chi connectivity index (χ1) is 13.0. The molecule has 1 amide bonds. The number of fused-ring (bicyclic) bond motifs is 1. The summed E-state index contributed by atoms with van der Waals surface area (Å²) in [5.41, 5.74) is 8.14. The van der Waals surface area contributed by atoms with E-state index in [0.717, 1.165) is 0 Å². The fourth-order valence-electron chi connectivity index (χ4n) is 3.18.